The van der Waals surface area contributed by atoms with Crippen LogP contribution in [0.15, 0.2) is 24.4 Å². The fourth-order valence-electron chi connectivity index (χ4n) is 1.99. The highest BCUT2D eigenvalue weighted by atomic mass is 19.4. The Morgan fingerprint density at radius 2 is 2.00 bits per heavy atom. The monoisotopic (exact) mass is 331 g/mol. The van der Waals surface area contributed by atoms with Gasteiger partial charge in [-0.15, -0.1) is 0 Å². The maximum absolute atomic E-state index is 12.6. The van der Waals surface area contributed by atoms with E-state index in [0.29, 0.717) is 11.5 Å². The van der Waals surface area contributed by atoms with Crippen LogP contribution >= 0.6 is 0 Å². The van der Waals surface area contributed by atoms with Crippen molar-refractivity contribution in [3.05, 3.63) is 30.1 Å². The van der Waals surface area contributed by atoms with Gasteiger partial charge >= 0.3 is 12.1 Å². The number of pyridine rings is 1. The van der Waals surface area contributed by atoms with Crippen LogP contribution in [-0.2, 0) is 15.1 Å². The van der Waals surface area contributed by atoms with E-state index in [4.69, 9.17) is 14.2 Å². The van der Waals surface area contributed by atoms with Crippen LogP contribution in [0.4, 0.5) is 13.2 Å². The van der Waals surface area contributed by atoms with Gasteiger partial charge in [-0.25, -0.2) is 4.79 Å². The van der Waals surface area contributed by atoms with Gasteiger partial charge in [-0.2, -0.15) is 13.2 Å². The molecule has 0 bridgehead atoms. The van der Waals surface area contributed by atoms with Crippen molar-refractivity contribution in [2.75, 3.05) is 6.79 Å². The molecule has 0 aromatic carbocycles. The lowest BCUT2D eigenvalue weighted by Gasteiger charge is -2.29. The Balaban J connectivity index is 2.31. The fraction of sp³-hybridized carbons (Fsp3) is 0.467. The molecule has 2 rings (SSSR count). The number of aromatic nitrogens is 1. The third-order valence-electron chi connectivity index (χ3n) is 3.35. The highest BCUT2D eigenvalue weighted by Gasteiger charge is 2.39. The van der Waals surface area contributed by atoms with Crippen LogP contribution in [0, 0.1) is 0 Å². The lowest BCUT2D eigenvalue weighted by atomic mass is 9.94. The molecule has 0 spiro atoms. The molecule has 8 heteroatoms. The summed E-state index contributed by atoms with van der Waals surface area (Å²) in [7, 11) is 0. The number of alkyl halides is 3. The van der Waals surface area contributed by atoms with Gasteiger partial charge in [0.2, 0.25) is 6.79 Å². The summed E-state index contributed by atoms with van der Waals surface area (Å²) in [6.45, 7) is 6.24. The number of nitrogens with zero attached hydrogens (tertiary/aromatic N) is 1. The van der Waals surface area contributed by atoms with E-state index in [9.17, 15) is 18.0 Å². The van der Waals surface area contributed by atoms with E-state index >= 15 is 0 Å². The summed E-state index contributed by atoms with van der Waals surface area (Å²) >= 11 is 0. The van der Waals surface area contributed by atoms with Gasteiger partial charge in [0.15, 0.2) is 17.1 Å². The number of ether oxygens (including phenoxy) is 3. The van der Waals surface area contributed by atoms with Crippen molar-refractivity contribution in [2.45, 2.75) is 38.5 Å². The van der Waals surface area contributed by atoms with E-state index in [2.05, 4.69) is 11.6 Å². The van der Waals surface area contributed by atoms with Gasteiger partial charge in [-0.05, 0) is 13.8 Å². The molecular weight excluding hydrogens is 315 g/mol. The van der Waals surface area contributed by atoms with Crippen LogP contribution in [0.3, 0.4) is 0 Å². The smallest absolute Gasteiger partial charge is 0.389 e. The third kappa shape index (κ3) is 4.14. The molecule has 1 aromatic heterocycles. The first-order valence-electron chi connectivity index (χ1n) is 6.82. The average molecular weight is 331 g/mol. The number of esters is 1. The van der Waals surface area contributed by atoms with Crippen molar-refractivity contribution in [3.63, 3.8) is 0 Å². The highest BCUT2D eigenvalue weighted by Crippen LogP contribution is 2.39. The van der Waals surface area contributed by atoms with Gasteiger partial charge in [-0.1, -0.05) is 6.58 Å². The summed E-state index contributed by atoms with van der Waals surface area (Å²) in [5.74, 6) is -0.0492. The predicted molar refractivity (Wildman–Crippen MR) is 73.9 cm³/mol. The number of hydrogen-bond donors (Lipinski definition) is 0. The maximum Gasteiger partial charge on any atom is 0.389 e. The van der Waals surface area contributed by atoms with Gasteiger partial charge in [0.05, 0.1) is 11.9 Å². The van der Waals surface area contributed by atoms with Gasteiger partial charge in [0, 0.05) is 24.5 Å². The number of rotatable bonds is 5. The molecule has 0 amide bonds. The molecular formula is C15H16F3NO4. The van der Waals surface area contributed by atoms with E-state index < -0.39 is 30.6 Å². The third-order valence-corrected chi connectivity index (χ3v) is 3.35. The van der Waals surface area contributed by atoms with E-state index in [1.807, 2.05) is 0 Å². The molecule has 1 unspecified atom stereocenters. The lowest BCUT2D eigenvalue weighted by molar-refractivity contribution is -0.168. The minimum absolute atomic E-state index is 0.00524. The second-order valence-corrected chi connectivity index (χ2v) is 5.44. The second-order valence-electron chi connectivity index (χ2n) is 5.44. The van der Waals surface area contributed by atoms with E-state index in [1.54, 1.807) is 0 Å². The predicted octanol–water partition coefficient (Wildman–Crippen LogP) is 3.49. The first-order valence-corrected chi connectivity index (χ1v) is 6.82. The fourth-order valence-corrected chi connectivity index (χ4v) is 1.99. The Bertz CT molecular complexity index is 630. The second kappa shape index (κ2) is 6.10. The van der Waals surface area contributed by atoms with Crippen LogP contribution < -0.4 is 9.47 Å². The molecule has 5 nitrogen and oxygen atoms in total. The molecule has 126 valence electrons. The zero-order valence-corrected chi connectivity index (χ0v) is 12.7. The molecule has 0 radical (unpaired) electrons. The Morgan fingerprint density at radius 3 is 2.61 bits per heavy atom. The van der Waals surface area contributed by atoms with Crippen LogP contribution in [0.1, 0.15) is 32.4 Å². The van der Waals surface area contributed by atoms with Gasteiger partial charge in [0.25, 0.3) is 0 Å². The number of hydrogen-bond acceptors (Lipinski definition) is 5. The summed E-state index contributed by atoms with van der Waals surface area (Å²) in [4.78, 5) is 15.9. The molecule has 0 saturated carbocycles. The molecule has 1 aliphatic rings. The van der Waals surface area contributed by atoms with Crippen molar-refractivity contribution in [3.8, 4) is 11.5 Å². The summed E-state index contributed by atoms with van der Waals surface area (Å²) in [6, 6.07) is 1.42. The van der Waals surface area contributed by atoms with Crippen LogP contribution in [0.25, 0.3) is 0 Å². The first kappa shape index (κ1) is 17.1. The van der Waals surface area contributed by atoms with E-state index in [1.165, 1.54) is 26.1 Å². The molecule has 1 aromatic rings. The van der Waals surface area contributed by atoms with Gasteiger partial charge < -0.3 is 14.2 Å². The molecule has 23 heavy (non-hydrogen) atoms. The van der Waals surface area contributed by atoms with Crippen molar-refractivity contribution in [2.24, 2.45) is 0 Å². The quantitative estimate of drug-likeness (QED) is 0.611. The standard InChI is InChI=1S/C15H16F3NO4/c1-9(2)13(20)23-14(3,4-5-15(16,17)18)12-6-10-11(7-19-12)22-8-21-10/h6-7H,1,4-5,8H2,2-3H3. The average Bonchev–Trinajstić information content (AvgIpc) is 2.91. The number of halogens is 3. The van der Waals surface area contributed by atoms with Crippen LogP contribution in [0.5, 0.6) is 11.5 Å². The molecule has 0 fully saturated rings. The topological polar surface area (TPSA) is 57.7 Å². The Labute approximate surface area is 131 Å². The summed E-state index contributed by atoms with van der Waals surface area (Å²) in [6.07, 6.45) is -4.64. The van der Waals surface area contributed by atoms with Gasteiger partial charge in [0.1, 0.15) is 0 Å². The zero-order valence-electron chi connectivity index (χ0n) is 12.7. The minimum atomic E-state index is -4.38. The number of carbonyl (C=O) groups is 1. The molecule has 0 N–H and O–H groups in total. The maximum atomic E-state index is 12.6. The summed E-state index contributed by atoms with van der Waals surface area (Å²) in [5.41, 5.74) is -1.32. The Kier molecular flexibility index (Phi) is 4.53. The zero-order chi connectivity index (χ0) is 17.3. The number of fused-ring (bicyclic) bond motifs is 1. The number of carbonyl (C=O) groups excluding carboxylic acids is 1. The molecule has 1 atom stereocenters. The summed E-state index contributed by atoms with van der Waals surface area (Å²) in [5, 5.41) is 0. The molecule has 0 aliphatic carbocycles. The SMILES string of the molecule is C=C(C)C(=O)OC(C)(CCC(F)(F)F)c1cc2c(cn1)OCO2. The summed E-state index contributed by atoms with van der Waals surface area (Å²) < 4.78 is 53.3. The van der Waals surface area contributed by atoms with Gasteiger partial charge in [-0.3, -0.25) is 4.98 Å². The van der Waals surface area contributed by atoms with Crippen LogP contribution in [0.2, 0.25) is 0 Å². The van der Waals surface area contributed by atoms with Crippen molar-refractivity contribution in [1.29, 1.82) is 0 Å². The van der Waals surface area contributed by atoms with E-state index in [-0.39, 0.29) is 18.1 Å². The molecule has 2 heterocycles. The normalized spacial score (nSPS) is 15.9. The largest absolute Gasteiger partial charge is 0.453 e. The van der Waals surface area contributed by atoms with Crippen molar-refractivity contribution >= 4 is 5.97 Å². The van der Waals surface area contributed by atoms with Crippen molar-refractivity contribution < 1.29 is 32.2 Å². The van der Waals surface area contributed by atoms with E-state index in [0.717, 1.165) is 0 Å². The first-order chi connectivity index (χ1) is 10.6. The molecule has 1 aliphatic heterocycles. The van der Waals surface area contributed by atoms with Crippen molar-refractivity contribution in [1.82, 2.24) is 4.98 Å². The Morgan fingerprint density at radius 1 is 1.35 bits per heavy atom. The van der Waals surface area contributed by atoms with Crippen LogP contribution in [-0.4, -0.2) is 23.9 Å². The highest BCUT2D eigenvalue weighted by molar-refractivity contribution is 5.87. The minimum Gasteiger partial charge on any atom is -0.453 e. The molecule has 0 saturated heterocycles. The lowest BCUT2D eigenvalue weighted by Crippen LogP contribution is -2.32. The Hall–Kier alpha value is -2.25.